The molecule has 198 valence electrons. The van der Waals surface area contributed by atoms with Gasteiger partial charge in [0.1, 0.15) is 0 Å². The molecule has 3 aromatic carbocycles. The lowest BCUT2D eigenvalue weighted by Crippen LogP contribution is -2.69. The number of ether oxygens (including phenoxy) is 1. The van der Waals surface area contributed by atoms with Crippen molar-refractivity contribution in [2.75, 3.05) is 13.2 Å². The van der Waals surface area contributed by atoms with E-state index in [2.05, 4.69) is 0 Å². The normalized spacial score (nSPS) is 13.8. The molecule has 0 amide bonds. The summed E-state index contributed by atoms with van der Waals surface area (Å²) in [5, 5.41) is 0. The predicted octanol–water partition coefficient (Wildman–Crippen LogP) is 4.84. The van der Waals surface area contributed by atoms with Crippen molar-refractivity contribution in [2.45, 2.75) is 43.5 Å². The molecule has 1 N–H and O–H groups in total. The zero-order chi connectivity index (χ0) is 27.1. The van der Waals surface area contributed by atoms with Crippen molar-refractivity contribution in [3.05, 3.63) is 102 Å². The number of sulfonamides is 1. The summed E-state index contributed by atoms with van der Waals surface area (Å²) in [7, 11) is -4.77. The molecule has 0 saturated heterocycles. The third kappa shape index (κ3) is 7.18. The number of benzene rings is 3. The van der Waals surface area contributed by atoms with E-state index in [9.17, 15) is 26.4 Å². The Labute approximate surface area is 215 Å². The first-order chi connectivity index (χ1) is 17.5. The summed E-state index contributed by atoms with van der Waals surface area (Å²) in [6.07, 6.45) is -5.32. The monoisotopic (exact) mass is 534 g/mol. The van der Waals surface area contributed by atoms with Gasteiger partial charge in [-0.05, 0) is 37.1 Å². The van der Waals surface area contributed by atoms with Crippen LogP contribution in [-0.4, -0.2) is 44.2 Å². The van der Waals surface area contributed by atoms with E-state index in [-0.39, 0.29) is 19.7 Å². The minimum absolute atomic E-state index is 0.0270. The number of alkyl halides is 3. The number of carbonyl (C=O) groups excluding carboxylic acids is 1. The summed E-state index contributed by atoms with van der Waals surface area (Å²) in [5.41, 5.74) is -1.45. The van der Waals surface area contributed by atoms with E-state index in [0.29, 0.717) is 11.1 Å². The molecule has 1 atom stereocenters. The second-order valence-electron chi connectivity index (χ2n) is 8.66. The van der Waals surface area contributed by atoms with Gasteiger partial charge in [-0.25, -0.2) is 13.2 Å². The lowest BCUT2D eigenvalue weighted by Gasteiger charge is -2.38. The van der Waals surface area contributed by atoms with E-state index in [1.54, 1.807) is 72.3 Å². The minimum atomic E-state index is -5.32. The molecule has 10 heteroatoms. The maximum atomic E-state index is 14.8. The Bertz CT molecular complexity index is 1230. The quantitative estimate of drug-likeness (QED) is 0.357. The number of esters is 1. The second kappa shape index (κ2) is 11.9. The summed E-state index contributed by atoms with van der Waals surface area (Å²) in [4.78, 5) is 14.0. The van der Waals surface area contributed by atoms with E-state index in [1.165, 1.54) is 36.1 Å². The zero-order valence-corrected chi connectivity index (χ0v) is 21.4. The van der Waals surface area contributed by atoms with Crippen LogP contribution in [0, 0.1) is 6.92 Å². The van der Waals surface area contributed by atoms with Gasteiger partial charge in [-0.3, -0.25) is 4.90 Å². The van der Waals surface area contributed by atoms with E-state index < -0.39 is 39.1 Å². The molecular formula is C27H29F3N2O4S. The molecule has 0 aliphatic carbocycles. The van der Waals surface area contributed by atoms with Gasteiger partial charge in [-0.15, -0.1) is 0 Å². The molecule has 0 saturated carbocycles. The molecule has 0 aromatic heterocycles. The zero-order valence-electron chi connectivity index (χ0n) is 20.5. The number of aryl methyl sites for hydroxylation is 1. The van der Waals surface area contributed by atoms with Gasteiger partial charge in [0.25, 0.3) is 0 Å². The van der Waals surface area contributed by atoms with Crippen molar-refractivity contribution in [3.8, 4) is 0 Å². The first kappa shape index (κ1) is 28.4. The molecule has 0 aliphatic heterocycles. The van der Waals surface area contributed by atoms with Crippen molar-refractivity contribution >= 4 is 16.0 Å². The lowest BCUT2D eigenvalue weighted by atomic mass is 9.98. The van der Waals surface area contributed by atoms with Crippen LogP contribution in [0.3, 0.4) is 0 Å². The van der Waals surface area contributed by atoms with E-state index in [4.69, 9.17) is 4.74 Å². The van der Waals surface area contributed by atoms with Gasteiger partial charge >= 0.3 is 12.1 Å². The first-order valence-electron chi connectivity index (χ1n) is 11.6. The highest BCUT2D eigenvalue weighted by Crippen LogP contribution is 2.35. The summed E-state index contributed by atoms with van der Waals surface area (Å²) in [6, 6.07) is 22.8. The van der Waals surface area contributed by atoms with Crippen LogP contribution >= 0.6 is 0 Å². The molecule has 6 nitrogen and oxygen atoms in total. The Kier molecular flexibility index (Phi) is 9.12. The predicted molar refractivity (Wildman–Crippen MR) is 134 cm³/mol. The fourth-order valence-corrected chi connectivity index (χ4v) is 5.18. The van der Waals surface area contributed by atoms with E-state index in [1.807, 2.05) is 0 Å². The second-order valence-corrected chi connectivity index (χ2v) is 10.3. The molecule has 0 unspecified atom stereocenters. The molecule has 3 aromatic rings. The third-order valence-electron chi connectivity index (χ3n) is 5.71. The summed E-state index contributed by atoms with van der Waals surface area (Å²) in [5.74, 6) is -1.72. The Balaban J connectivity index is 2.09. The largest absolute Gasteiger partial charge is 0.464 e. The van der Waals surface area contributed by atoms with Crippen LogP contribution in [0.5, 0.6) is 0 Å². The van der Waals surface area contributed by atoms with Crippen LogP contribution in [-0.2, 0) is 32.6 Å². The van der Waals surface area contributed by atoms with Crippen molar-refractivity contribution in [2.24, 2.45) is 0 Å². The maximum Gasteiger partial charge on any atom is 0.419 e. The number of carbonyl (C=O) groups is 1. The van der Waals surface area contributed by atoms with Crippen LogP contribution < -0.4 is 4.72 Å². The smallest absolute Gasteiger partial charge is 0.419 e. The molecule has 0 heterocycles. The Morgan fingerprint density at radius 3 is 1.78 bits per heavy atom. The molecule has 0 radical (unpaired) electrons. The van der Waals surface area contributed by atoms with Gasteiger partial charge in [0, 0.05) is 19.6 Å². The van der Waals surface area contributed by atoms with E-state index >= 15 is 0 Å². The van der Waals surface area contributed by atoms with Crippen molar-refractivity contribution in [1.82, 2.24) is 9.62 Å². The number of hydrogen-bond acceptors (Lipinski definition) is 5. The topological polar surface area (TPSA) is 75.7 Å². The number of hydrogen-bond donors (Lipinski definition) is 1. The molecule has 3 rings (SSSR count). The maximum absolute atomic E-state index is 14.8. The highest BCUT2D eigenvalue weighted by Gasteiger charge is 2.64. The Morgan fingerprint density at radius 2 is 1.35 bits per heavy atom. The fraction of sp³-hybridized carbons (Fsp3) is 0.296. The number of rotatable bonds is 11. The first-order valence-corrected chi connectivity index (χ1v) is 13.1. The van der Waals surface area contributed by atoms with Crippen LogP contribution in [0.15, 0.2) is 89.8 Å². The molecule has 0 spiro atoms. The van der Waals surface area contributed by atoms with Gasteiger partial charge in [-0.2, -0.15) is 17.9 Å². The number of halogens is 3. The average molecular weight is 535 g/mol. The van der Waals surface area contributed by atoms with Gasteiger partial charge in [0.2, 0.25) is 15.6 Å². The Morgan fingerprint density at radius 1 is 0.865 bits per heavy atom. The van der Waals surface area contributed by atoms with Gasteiger partial charge < -0.3 is 4.74 Å². The lowest BCUT2D eigenvalue weighted by molar-refractivity contribution is -0.213. The SMILES string of the molecule is CCOC(=O)[C@](CN(Cc1ccccc1)Cc1ccccc1)(NS(=O)(=O)c1ccc(C)cc1)C(F)(F)F. The molecule has 0 bridgehead atoms. The van der Waals surface area contributed by atoms with Crippen molar-refractivity contribution in [3.63, 3.8) is 0 Å². The molecule has 37 heavy (non-hydrogen) atoms. The third-order valence-corrected chi connectivity index (χ3v) is 7.22. The average Bonchev–Trinajstić information content (AvgIpc) is 2.84. The van der Waals surface area contributed by atoms with Crippen LogP contribution in [0.2, 0.25) is 0 Å². The standard InChI is InChI=1S/C27H29F3N2O4S/c1-3-36-25(33)26(27(28,29)30,31-37(34,35)24-16-14-21(2)15-17-24)20-32(18-22-10-6-4-7-11-22)19-23-12-8-5-9-13-23/h4-17,31H,3,18-20H2,1-2H3/t26-/m0/s1. The highest BCUT2D eigenvalue weighted by atomic mass is 32.2. The Hall–Kier alpha value is -3.21. The summed E-state index contributed by atoms with van der Waals surface area (Å²) >= 11 is 0. The van der Waals surface area contributed by atoms with E-state index in [0.717, 1.165) is 5.56 Å². The number of nitrogens with zero attached hydrogens (tertiary/aromatic N) is 1. The van der Waals surface area contributed by atoms with Crippen molar-refractivity contribution < 1.29 is 31.1 Å². The van der Waals surface area contributed by atoms with Crippen LogP contribution in [0.4, 0.5) is 13.2 Å². The number of nitrogens with one attached hydrogen (secondary N) is 1. The van der Waals surface area contributed by atoms with Gasteiger partial charge in [0.05, 0.1) is 11.5 Å². The van der Waals surface area contributed by atoms with Crippen LogP contribution in [0.25, 0.3) is 0 Å². The summed E-state index contributed by atoms with van der Waals surface area (Å²) < 4.78 is 77.4. The molecule has 0 aliphatic rings. The van der Waals surface area contributed by atoms with Gasteiger partial charge in [-0.1, -0.05) is 78.4 Å². The summed E-state index contributed by atoms with van der Waals surface area (Å²) in [6.45, 7) is 1.76. The minimum Gasteiger partial charge on any atom is -0.464 e. The fourth-order valence-electron chi connectivity index (χ4n) is 3.85. The van der Waals surface area contributed by atoms with Gasteiger partial charge in [0.15, 0.2) is 0 Å². The van der Waals surface area contributed by atoms with Crippen LogP contribution in [0.1, 0.15) is 23.6 Å². The molecule has 0 fully saturated rings. The van der Waals surface area contributed by atoms with Crippen molar-refractivity contribution in [1.29, 1.82) is 0 Å². The highest BCUT2D eigenvalue weighted by molar-refractivity contribution is 7.89. The molecular weight excluding hydrogens is 505 g/mol.